The van der Waals surface area contributed by atoms with Crippen molar-refractivity contribution in [1.82, 2.24) is 14.8 Å². The highest BCUT2D eigenvalue weighted by atomic mass is 16.5. The van der Waals surface area contributed by atoms with E-state index in [1.807, 2.05) is 18.2 Å². The van der Waals surface area contributed by atoms with Crippen LogP contribution >= 0.6 is 0 Å². The number of carbonyl (C=O) groups is 1. The fourth-order valence-electron chi connectivity index (χ4n) is 2.11. The summed E-state index contributed by atoms with van der Waals surface area (Å²) in [5, 5.41) is 14.7. The summed E-state index contributed by atoms with van der Waals surface area (Å²) in [6.07, 6.45) is 3.06. The largest absolute Gasteiger partial charge is 0.497 e. The average molecular weight is 284 g/mol. The van der Waals surface area contributed by atoms with Gasteiger partial charge in [-0.25, -0.2) is 14.5 Å². The second-order valence-electron chi connectivity index (χ2n) is 4.40. The minimum atomic E-state index is -1.17. The van der Waals surface area contributed by atoms with Crippen molar-refractivity contribution in [3.05, 3.63) is 42.4 Å². The van der Waals surface area contributed by atoms with E-state index in [4.69, 9.17) is 15.6 Å². The first-order valence-electron chi connectivity index (χ1n) is 6.11. The molecule has 0 saturated carbocycles. The molecule has 0 atom stereocenters. The number of hydrogen-bond donors (Lipinski definition) is 2. The Morgan fingerprint density at radius 1 is 1.38 bits per heavy atom. The third-order valence-corrected chi connectivity index (χ3v) is 3.11. The van der Waals surface area contributed by atoms with Crippen LogP contribution in [0, 0.1) is 0 Å². The average Bonchev–Trinajstić information content (AvgIpc) is 2.88. The molecule has 2 heterocycles. The summed E-state index contributed by atoms with van der Waals surface area (Å²) >= 11 is 0. The first kappa shape index (κ1) is 12.9. The maximum atomic E-state index is 11.0. The number of aromatic carboxylic acids is 1. The summed E-state index contributed by atoms with van der Waals surface area (Å²) in [7, 11) is 1.59. The highest BCUT2D eigenvalue weighted by molar-refractivity contribution is 5.92. The van der Waals surface area contributed by atoms with E-state index < -0.39 is 5.97 Å². The normalized spacial score (nSPS) is 10.7. The number of nitrogens with zero attached hydrogens (tertiary/aromatic N) is 3. The number of nitrogen functional groups attached to an aromatic ring is 1. The molecule has 0 spiro atoms. The van der Waals surface area contributed by atoms with E-state index in [2.05, 4.69) is 10.1 Å². The zero-order valence-electron chi connectivity index (χ0n) is 11.1. The molecule has 21 heavy (non-hydrogen) atoms. The number of rotatable bonds is 3. The third-order valence-electron chi connectivity index (χ3n) is 3.11. The Labute approximate surface area is 119 Å². The lowest BCUT2D eigenvalue weighted by Crippen LogP contribution is -2.04. The lowest BCUT2D eigenvalue weighted by Gasteiger charge is -2.07. The lowest BCUT2D eigenvalue weighted by atomic mass is 10.1. The smallest absolute Gasteiger partial charge is 0.358 e. The molecule has 3 rings (SSSR count). The van der Waals surface area contributed by atoms with Gasteiger partial charge in [-0.15, -0.1) is 0 Å². The van der Waals surface area contributed by atoms with Gasteiger partial charge in [0.2, 0.25) is 0 Å². The van der Waals surface area contributed by atoms with E-state index in [0.29, 0.717) is 5.82 Å². The Morgan fingerprint density at radius 3 is 2.86 bits per heavy atom. The van der Waals surface area contributed by atoms with Crippen LogP contribution in [0.5, 0.6) is 5.75 Å². The van der Waals surface area contributed by atoms with Gasteiger partial charge >= 0.3 is 5.97 Å². The van der Waals surface area contributed by atoms with E-state index in [1.165, 1.54) is 10.9 Å². The molecule has 0 aliphatic heterocycles. The van der Waals surface area contributed by atoms with Crippen LogP contribution in [0.15, 0.2) is 36.7 Å². The zero-order chi connectivity index (χ0) is 15.0. The predicted molar refractivity (Wildman–Crippen MR) is 76.8 cm³/mol. The number of fused-ring (bicyclic) bond motifs is 1. The third kappa shape index (κ3) is 2.14. The van der Waals surface area contributed by atoms with Crippen LogP contribution in [-0.4, -0.2) is 33.0 Å². The number of nitrogens with two attached hydrogens (primary N) is 1. The summed E-state index contributed by atoms with van der Waals surface area (Å²) < 4.78 is 6.55. The molecule has 3 N–H and O–H groups in total. The van der Waals surface area contributed by atoms with Crippen LogP contribution in [-0.2, 0) is 0 Å². The number of benzene rings is 1. The van der Waals surface area contributed by atoms with E-state index >= 15 is 0 Å². The van der Waals surface area contributed by atoms with E-state index in [-0.39, 0.29) is 11.4 Å². The molecule has 0 unspecified atom stereocenters. The van der Waals surface area contributed by atoms with Crippen LogP contribution in [0.3, 0.4) is 0 Å². The number of aromatic nitrogens is 3. The predicted octanol–water partition coefficient (Wildman–Crippen LogP) is 1.71. The van der Waals surface area contributed by atoms with Gasteiger partial charge in [-0.3, -0.25) is 0 Å². The fourth-order valence-corrected chi connectivity index (χ4v) is 2.11. The van der Waals surface area contributed by atoms with Gasteiger partial charge in [0.15, 0.2) is 11.5 Å². The van der Waals surface area contributed by atoms with E-state index in [9.17, 15) is 4.79 Å². The summed E-state index contributed by atoms with van der Waals surface area (Å²) in [5.41, 5.74) is 5.56. The summed E-state index contributed by atoms with van der Waals surface area (Å²) in [4.78, 5) is 15.3. The molecule has 2 aromatic heterocycles. The minimum absolute atomic E-state index is 0.0924. The van der Waals surface area contributed by atoms with Gasteiger partial charge in [0.25, 0.3) is 0 Å². The van der Waals surface area contributed by atoms with Gasteiger partial charge in [-0.1, -0.05) is 0 Å². The Morgan fingerprint density at radius 2 is 2.19 bits per heavy atom. The Kier molecular flexibility index (Phi) is 2.94. The second-order valence-corrected chi connectivity index (χ2v) is 4.40. The number of anilines is 1. The number of pyridine rings is 1. The standard InChI is InChI=1S/C14H12N4O3/c1-21-9-2-3-10-8(6-9)4-5-16-13(10)18-7-11(15)12(17-18)14(19)20/h2-7H,15H2,1H3,(H,19,20). The Hall–Kier alpha value is -3.09. The molecule has 0 fully saturated rings. The maximum Gasteiger partial charge on any atom is 0.358 e. The first-order chi connectivity index (χ1) is 10.1. The van der Waals surface area contributed by atoms with Gasteiger partial charge in [-0.05, 0) is 29.7 Å². The van der Waals surface area contributed by atoms with Crippen molar-refractivity contribution in [3.63, 3.8) is 0 Å². The van der Waals surface area contributed by atoms with Crippen LogP contribution in [0.4, 0.5) is 5.69 Å². The van der Waals surface area contributed by atoms with Gasteiger partial charge in [0.1, 0.15) is 5.75 Å². The number of carboxylic acid groups (broad SMARTS) is 1. The van der Waals surface area contributed by atoms with Crippen molar-refractivity contribution in [3.8, 4) is 11.6 Å². The minimum Gasteiger partial charge on any atom is -0.497 e. The van der Waals surface area contributed by atoms with Crippen molar-refractivity contribution in [2.24, 2.45) is 0 Å². The monoisotopic (exact) mass is 284 g/mol. The molecule has 0 aliphatic carbocycles. The molecule has 1 aromatic carbocycles. The molecular formula is C14H12N4O3. The zero-order valence-corrected chi connectivity index (χ0v) is 11.1. The van der Waals surface area contributed by atoms with Crippen LogP contribution in [0.2, 0.25) is 0 Å². The van der Waals surface area contributed by atoms with Crippen molar-refractivity contribution in [1.29, 1.82) is 0 Å². The molecule has 7 nitrogen and oxygen atoms in total. The Bertz CT molecular complexity index is 841. The molecule has 0 amide bonds. The number of hydrogen-bond acceptors (Lipinski definition) is 5. The lowest BCUT2D eigenvalue weighted by molar-refractivity contribution is 0.0691. The highest BCUT2D eigenvalue weighted by Crippen LogP contribution is 2.25. The van der Waals surface area contributed by atoms with E-state index in [1.54, 1.807) is 19.4 Å². The van der Waals surface area contributed by atoms with Crippen LogP contribution in [0.25, 0.3) is 16.6 Å². The molecule has 0 bridgehead atoms. The Balaban J connectivity index is 2.20. The van der Waals surface area contributed by atoms with Crippen molar-refractivity contribution < 1.29 is 14.6 Å². The molecule has 0 radical (unpaired) electrons. The van der Waals surface area contributed by atoms with E-state index in [0.717, 1.165) is 16.5 Å². The summed E-state index contributed by atoms with van der Waals surface area (Å²) in [6, 6.07) is 7.35. The SMILES string of the molecule is COc1ccc2c(-n3cc(N)c(C(=O)O)n3)nccc2c1. The maximum absolute atomic E-state index is 11.0. The van der Waals surface area contributed by atoms with Gasteiger partial charge in [0.05, 0.1) is 19.0 Å². The van der Waals surface area contributed by atoms with Crippen molar-refractivity contribution in [2.45, 2.75) is 0 Å². The van der Waals surface area contributed by atoms with Crippen LogP contribution in [0.1, 0.15) is 10.5 Å². The number of carboxylic acids is 1. The van der Waals surface area contributed by atoms with Crippen molar-refractivity contribution >= 4 is 22.4 Å². The molecule has 106 valence electrons. The van der Waals surface area contributed by atoms with Gasteiger partial charge < -0.3 is 15.6 Å². The quantitative estimate of drug-likeness (QED) is 0.758. The molecule has 3 aromatic rings. The molecular weight excluding hydrogens is 272 g/mol. The van der Waals surface area contributed by atoms with Crippen LogP contribution < -0.4 is 10.5 Å². The summed E-state index contributed by atoms with van der Waals surface area (Å²) in [6.45, 7) is 0. The topological polar surface area (TPSA) is 103 Å². The highest BCUT2D eigenvalue weighted by Gasteiger charge is 2.15. The van der Waals surface area contributed by atoms with Crippen molar-refractivity contribution in [2.75, 3.05) is 12.8 Å². The summed E-state index contributed by atoms with van der Waals surface area (Å²) in [5.74, 6) is 0.0633. The number of methoxy groups -OCH3 is 1. The number of ether oxygens (including phenoxy) is 1. The first-order valence-corrected chi connectivity index (χ1v) is 6.11. The van der Waals surface area contributed by atoms with Gasteiger partial charge in [0, 0.05) is 11.6 Å². The molecule has 0 saturated heterocycles. The second kappa shape index (κ2) is 4.78. The van der Waals surface area contributed by atoms with Gasteiger partial charge in [-0.2, -0.15) is 5.10 Å². The molecule has 7 heteroatoms. The fraction of sp³-hybridized carbons (Fsp3) is 0.0714. The molecule has 0 aliphatic rings.